The van der Waals surface area contributed by atoms with Crippen molar-refractivity contribution in [2.45, 2.75) is 44.9 Å². The largest absolute Gasteiger partial charge is 0.425 e. The van der Waals surface area contributed by atoms with Crippen LogP contribution in [0, 0.1) is 0 Å². The van der Waals surface area contributed by atoms with E-state index in [9.17, 15) is 49.5 Å². The summed E-state index contributed by atoms with van der Waals surface area (Å²) in [6, 6.07) is 15.8. The number of nitrogens with zero attached hydrogens (tertiary/aromatic N) is 10. The number of halogens is 6. The molecule has 0 saturated carbocycles. The van der Waals surface area contributed by atoms with Gasteiger partial charge >= 0.3 is 23.0 Å². The van der Waals surface area contributed by atoms with Crippen LogP contribution in [0.2, 0.25) is 0 Å². The number of hydrogen-bond donors (Lipinski definition) is 5. The second-order valence-corrected chi connectivity index (χ2v) is 15.8. The summed E-state index contributed by atoms with van der Waals surface area (Å²) in [7, 11) is -8.31. The number of anilines is 7. The van der Waals surface area contributed by atoms with E-state index in [0.29, 0.717) is 43.6 Å². The summed E-state index contributed by atoms with van der Waals surface area (Å²) in [6.07, 6.45) is -9.47. The molecule has 69 heavy (non-hydrogen) atoms. The number of aromatic nitrogens is 3. The van der Waals surface area contributed by atoms with Gasteiger partial charge in [-0.3, -0.25) is 4.55 Å². The van der Waals surface area contributed by atoms with Crippen LogP contribution >= 0.6 is 0 Å². The van der Waals surface area contributed by atoms with Crippen LogP contribution in [0.15, 0.2) is 104 Å². The molecule has 0 aliphatic carbocycles. The van der Waals surface area contributed by atoms with E-state index in [2.05, 4.69) is 46.0 Å². The summed E-state index contributed by atoms with van der Waals surface area (Å²) in [4.78, 5) is 18.1. The molecule has 0 unspecified atom stereocenters. The molecule has 20 nitrogen and oxygen atoms in total. The molecule has 0 atom stereocenters. The van der Waals surface area contributed by atoms with Gasteiger partial charge in [0.15, 0.2) is 0 Å². The Hall–Kier alpha value is -6.88. The summed E-state index contributed by atoms with van der Waals surface area (Å²) in [5, 5.41) is 42.6. The van der Waals surface area contributed by atoms with Gasteiger partial charge in [-0.1, -0.05) is 0 Å². The van der Waals surface area contributed by atoms with Gasteiger partial charge in [0.2, 0.25) is 17.8 Å². The van der Waals surface area contributed by atoms with Gasteiger partial charge in [-0.25, -0.2) is 0 Å². The highest BCUT2D eigenvalue weighted by molar-refractivity contribution is 7.86. The van der Waals surface area contributed by atoms with Crippen LogP contribution in [0.4, 0.5) is 89.7 Å². The molecule has 0 aliphatic heterocycles. The van der Waals surface area contributed by atoms with Crippen molar-refractivity contribution < 1.29 is 62.2 Å². The lowest BCUT2D eigenvalue weighted by Gasteiger charge is -2.24. The molecule has 28 heteroatoms. The first-order valence-electron chi connectivity index (χ1n) is 20.6. The van der Waals surface area contributed by atoms with E-state index in [1.165, 1.54) is 23.1 Å². The van der Waals surface area contributed by atoms with E-state index in [-0.39, 0.29) is 73.0 Å². The van der Waals surface area contributed by atoms with E-state index >= 15 is 0 Å². The molecule has 372 valence electrons. The quantitative estimate of drug-likeness (QED) is 0.0276. The molecule has 4 aromatic carbocycles. The molecule has 5 aromatic rings. The zero-order valence-corrected chi connectivity index (χ0v) is 38.7. The Labute approximate surface area is 393 Å². The first-order chi connectivity index (χ1) is 32.5. The molecule has 5 rings (SSSR count). The Morgan fingerprint density at radius 2 is 0.986 bits per heavy atom. The second kappa shape index (κ2) is 24.4. The molecular formula is C41H46F6N12O8S2. The summed E-state index contributed by atoms with van der Waals surface area (Å²) < 4.78 is 140. The summed E-state index contributed by atoms with van der Waals surface area (Å²) in [6.45, 7) is 9.42. The highest BCUT2D eigenvalue weighted by atomic mass is 32.2. The van der Waals surface area contributed by atoms with Crippen LogP contribution < -0.4 is 25.3 Å². The van der Waals surface area contributed by atoms with Gasteiger partial charge < -0.3 is 35.5 Å². The molecule has 0 bridgehead atoms. The van der Waals surface area contributed by atoms with Gasteiger partial charge in [-0.2, -0.15) is 54.8 Å². The summed E-state index contributed by atoms with van der Waals surface area (Å²) in [5.74, 6) is -0.245. The normalized spacial score (nSPS) is 11.9. The summed E-state index contributed by atoms with van der Waals surface area (Å²) in [5.41, 5.74) is -0.451. The lowest BCUT2D eigenvalue weighted by molar-refractivity contribution is -0.138. The van der Waals surface area contributed by atoms with Crippen molar-refractivity contribution in [3.05, 3.63) is 90.0 Å². The average Bonchev–Trinajstić information content (AvgIpc) is 3.28. The third-order valence-electron chi connectivity index (χ3n) is 9.66. The average molecular weight is 1010 g/mol. The van der Waals surface area contributed by atoms with E-state index in [0.717, 1.165) is 23.9 Å². The van der Waals surface area contributed by atoms with Crippen LogP contribution in [0.3, 0.4) is 0 Å². The molecule has 0 saturated heterocycles. The van der Waals surface area contributed by atoms with Crippen LogP contribution in [-0.2, 0) is 33.1 Å². The Balaban J connectivity index is 0.00000249. The summed E-state index contributed by atoms with van der Waals surface area (Å²) >= 11 is 0. The number of hydrogen-bond acceptors (Lipinski definition) is 19. The predicted octanol–water partition coefficient (Wildman–Crippen LogP) is 8.95. The fraction of sp³-hybridized carbons (Fsp3) is 0.341. The van der Waals surface area contributed by atoms with Crippen LogP contribution in [0.25, 0.3) is 0 Å². The van der Waals surface area contributed by atoms with Crippen molar-refractivity contribution in [1.29, 1.82) is 0 Å². The number of rotatable bonds is 20. The van der Waals surface area contributed by atoms with E-state index in [1.807, 2.05) is 37.5 Å². The maximum atomic E-state index is 13.5. The third-order valence-corrected chi connectivity index (χ3v) is 10.5. The SMILES string of the molecule is CCN(CC)c1ccc(N=Nc2ccc(C(F)(F)F)cc2)c(Nc2nc(Nc3cc(N(CC)CC)ccc3N=Nc3ccc(C(F)(F)F)cc3S(=O)(=O)O)nc(N(CCO)CCO)n2)c1.O=S(=O)=O. The lowest BCUT2D eigenvalue weighted by atomic mass is 10.2. The highest BCUT2D eigenvalue weighted by Gasteiger charge is 2.33. The minimum absolute atomic E-state index is 0.0202. The monoisotopic (exact) mass is 1010 g/mol. The maximum Gasteiger partial charge on any atom is 0.425 e. The van der Waals surface area contributed by atoms with Gasteiger partial charge in [-0.15, -0.1) is 28.0 Å². The zero-order valence-electron chi connectivity index (χ0n) is 37.1. The molecule has 1 heterocycles. The molecule has 1 aromatic heterocycles. The van der Waals surface area contributed by atoms with Gasteiger partial charge in [0, 0.05) is 50.6 Å². The number of aliphatic hydroxyl groups is 2. The smallest absolute Gasteiger partial charge is 0.395 e. The van der Waals surface area contributed by atoms with Crippen LogP contribution in [0.1, 0.15) is 38.8 Å². The van der Waals surface area contributed by atoms with Gasteiger partial charge in [0.05, 0.1) is 41.4 Å². The van der Waals surface area contributed by atoms with Crippen molar-refractivity contribution >= 4 is 84.1 Å². The minimum atomic E-state index is -5.20. The molecule has 0 aliphatic rings. The van der Waals surface area contributed by atoms with E-state index in [1.54, 1.807) is 30.3 Å². The standard InChI is InChI=1S/C41H46F6N12O5S.O3S/c1-5-57(6-2)29-14-17-31(54-53-28-12-9-26(10-13-28)40(42,43)44)34(24-29)48-37-50-38(52-39(51-37)59(19-21-60)20-22-61)49-35-25-30(58(7-3)8-4)15-18-32(35)55-56-33-16-11-27(41(45,46)47)23-36(33)65(62,63)64;1-4(2)3/h9-18,23-25,60-61H,5-8,19-22H2,1-4H3,(H,62,63,64)(H2,48,49,50,51,52);. The molecule has 0 radical (unpaired) electrons. The number of alkyl halides is 6. The number of azo groups is 2. The van der Waals surface area contributed by atoms with Crippen molar-refractivity contribution in [2.24, 2.45) is 20.5 Å². The molecule has 0 fully saturated rings. The number of aliphatic hydroxyl groups excluding tert-OH is 2. The molecule has 0 spiro atoms. The minimum Gasteiger partial charge on any atom is -0.395 e. The topological polar surface area (TPSA) is 268 Å². The van der Waals surface area contributed by atoms with Gasteiger partial charge in [0.25, 0.3) is 10.1 Å². The maximum absolute atomic E-state index is 13.5. The third kappa shape index (κ3) is 15.8. The molecule has 5 N–H and O–H groups in total. The van der Waals surface area contributed by atoms with Crippen molar-refractivity contribution in [3.8, 4) is 0 Å². The Morgan fingerprint density at radius 3 is 1.39 bits per heavy atom. The fourth-order valence-corrected chi connectivity index (χ4v) is 6.97. The van der Waals surface area contributed by atoms with Crippen molar-refractivity contribution in [2.75, 3.05) is 77.8 Å². The number of nitrogens with one attached hydrogen (secondary N) is 2. The molecular weight excluding hydrogens is 967 g/mol. The Bertz CT molecular complexity index is 2810. The number of benzene rings is 4. The first-order valence-corrected chi connectivity index (χ1v) is 23.0. The van der Waals surface area contributed by atoms with E-state index < -0.39 is 54.8 Å². The van der Waals surface area contributed by atoms with Crippen LogP contribution in [-0.4, -0.2) is 103 Å². The fourth-order valence-electron chi connectivity index (χ4n) is 6.32. The second-order valence-electron chi connectivity index (χ2n) is 14.0. The van der Waals surface area contributed by atoms with Gasteiger partial charge in [-0.05, 0) is 107 Å². The van der Waals surface area contributed by atoms with Crippen molar-refractivity contribution in [3.63, 3.8) is 0 Å². The lowest BCUT2D eigenvalue weighted by Crippen LogP contribution is -2.31. The van der Waals surface area contributed by atoms with Crippen LogP contribution in [0.5, 0.6) is 0 Å². The predicted molar refractivity (Wildman–Crippen MR) is 244 cm³/mol. The van der Waals surface area contributed by atoms with Crippen molar-refractivity contribution in [1.82, 2.24) is 15.0 Å². The zero-order chi connectivity index (χ0) is 51.1. The highest BCUT2D eigenvalue weighted by Crippen LogP contribution is 2.39. The first kappa shape index (κ1) is 54.7. The Kier molecular flexibility index (Phi) is 19.4. The van der Waals surface area contributed by atoms with E-state index in [4.69, 9.17) is 12.6 Å². The molecule has 0 amide bonds. The Morgan fingerprint density at radius 1 is 0.580 bits per heavy atom. The van der Waals surface area contributed by atoms with Gasteiger partial charge in [0.1, 0.15) is 22.0 Å².